The van der Waals surface area contributed by atoms with E-state index in [2.05, 4.69) is 0 Å². The minimum atomic E-state index is -0.851. The SMILES string of the molecule is N#Cc1cc(F)c(-c2cc(Cl)ccc2Cl)c(F)c1. The molecule has 18 heavy (non-hydrogen) atoms. The Morgan fingerprint density at radius 1 is 1.00 bits per heavy atom. The van der Waals surface area contributed by atoms with Crippen molar-refractivity contribution in [2.24, 2.45) is 0 Å². The number of nitriles is 1. The third-order valence-electron chi connectivity index (χ3n) is 2.37. The van der Waals surface area contributed by atoms with E-state index < -0.39 is 11.6 Å². The van der Waals surface area contributed by atoms with Gasteiger partial charge in [-0.3, -0.25) is 0 Å². The summed E-state index contributed by atoms with van der Waals surface area (Å²) >= 11 is 11.7. The molecule has 0 saturated heterocycles. The molecule has 0 spiro atoms. The number of hydrogen-bond acceptors (Lipinski definition) is 1. The zero-order valence-electron chi connectivity index (χ0n) is 8.85. The Morgan fingerprint density at radius 2 is 1.61 bits per heavy atom. The number of benzene rings is 2. The lowest BCUT2D eigenvalue weighted by molar-refractivity contribution is 0.589. The predicted octanol–water partition coefficient (Wildman–Crippen LogP) is 4.81. The molecular formula is C13H5Cl2F2N. The van der Waals surface area contributed by atoms with Gasteiger partial charge in [0.25, 0.3) is 0 Å². The van der Waals surface area contributed by atoms with E-state index in [1.54, 1.807) is 6.07 Å². The number of hydrogen-bond donors (Lipinski definition) is 0. The summed E-state index contributed by atoms with van der Waals surface area (Å²) < 4.78 is 27.6. The van der Waals surface area contributed by atoms with Gasteiger partial charge in [-0.05, 0) is 30.3 Å². The maximum Gasteiger partial charge on any atom is 0.135 e. The third kappa shape index (κ3) is 2.31. The van der Waals surface area contributed by atoms with Crippen molar-refractivity contribution in [3.05, 3.63) is 57.6 Å². The fourth-order valence-corrected chi connectivity index (χ4v) is 1.97. The van der Waals surface area contributed by atoms with Crippen LogP contribution in [-0.2, 0) is 0 Å². The molecular weight excluding hydrogens is 279 g/mol. The number of rotatable bonds is 1. The van der Waals surface area contributed by atoms with E-state index in [9.17, 15) is 8.78 Å². The second-order valence-corrected chi connectivity index (χ2v) is 4.39. The Labute approximate surface area is 112 Å². The van der Waals surface area contributed by atoms with Gasteiger partial charge in [-0.15, -0.1) is 0 Å². The number of halogens is 4. The van der Waals surface area contributed by atoms with Crippen LogP contribution in [0, 0.1) is 23.0 Å². The van der Waals surface area contributed by atoms with Gasteiger partial charge in [-0.25, -0.2) is 8.78 Å². The maximum absolute atomic E-state index is 13.8. The van der Waals surface area contributed by atoms with Gasteiger partial charge in [0.05, 0.1) is 17.2 Å². The molecule has 2 aromatic rings. The molecule has 0 amide bonds. The molecule has 0 saturated carbocycles. The summed E-state index contributed by atoms with van der Waals surface area (Å²) in [5.74, 6) is -1.70. The fourth-order valence-electron chi connectivity index (χ4n) is 1.58. The average Bonchev–Trinajstić information content (AvgIpc) is 2.32. The fraction of sp³-hybridized carbons (Fsp3) is 0. The van der Waals surface area contributed by atoms with Crippen molar-refractivity contribution < 1.29 is 8.78 Å². The third-order valence-corrected chi connectivity index (χ3v) is 2.93. The van der Waals surface area contributed by atoms with E-state index in [0.717, 1.165) is 12.1 Å². The van der Waals surface area contributed by atoms with Crippen molar-refractivity contribution in [1.29, 1.82) is 5.26 Å². The quantitative estimate of drug-likeness (QED) is 0.737. The highest BCUT2D eigenvalue weighted by Gasteiger charge is 2.16. The van der Waals surface area contributed by atoms with Crippen LogP contribution in [0.3, 0.4) is 0 Å². The van der Waals surface area contributed by atoms with Crippen LogP contribution in [0.25, 0.3) is 11.1 Å². The maximum atomic E-state index is 13.8. The van der Waals surface area contributed by atoms with E-state index >= 15 is 0 Å². The van der Waals surface area contributed by atoms with Gasteiger partial charge < -0.3 is 0 Å². The summed E-state index contributed by atoms with van der Waals surface area (Å²) in [4.78, 5) is 0. The first kappa shape index (κ1) is 12.8. The average molecular weight is 284 g/mol. The van der Waals surface area contributed by atoms with Crippen LogP contribution < -0.4 is 0 Å². The van der Waals surface area contributed by atoms with Crippen LogP contribution >= 0.6 is 23.2 Å². The largest absolute Gasteiger partial charge is 0.206 e. The van der Waals surface area contributed by atoms with Crippen LogP contribution in [0.5, 0.6) is 0 Å². The summed E-state index contributed by atoms with van der Waals surface area (Å²) in [6, 6.07) is 7.93. The van der Waals surface area contributed by atoms with Crippen LogP contribution in [0.15, 0.2) is 30.3 Å². The molecule has 0 heterocycles. The number of nitrogens with zero attached hydrogens (tertiary/aromatic N) is 1. The Hall–Kier alpha value is -1.63. The van der Waals surface area contributed by atoms with E-state index in [1.165, 1.54) is 18.2 Å². The molecule has 0 unspecified atom stereocenters. The van der Waals surface area contributed by atoms with Crippen molar-refractivity contribution in [3.63, 3.8) is 0 Å². The summed E-state index contributed by atoms with van der Waals surface area (Å²) in [5.41, 5.74) is -0.225. The lowest BCUT2D eigenvalue weighted by Crippen LogP contribution is -1.93. The molecule has 1 nitrogen and oxygen atoms in total. The minimum absolute atomic E-state index is 0.0908. The van der Waals surface area contributed by atoms with Crippen molar-refractivity contribution in [2.75, 3.05) is 0 Å². The minimum Gasteiger partial charge on any atom is -0.206 e. The summed E-state index contributed by atoms with van der Waals surface area (Å²) in [5, 5.41) is 9.12. The van der Waals surface area contributed by atoms with Gasteiger partial charge in [0.2, 0.25) is 0 Å². The van der Waals surface area contributed by atoms with Crippen molar-refractivity contribution >= 4 is 23.2 Å². The molecule has 0 atom stereocenters. The second kappa shape index (κ2) is 4.93. The van der Waals surface area contributed by atoms with Crippen LogP contribution in [0.2, 0.25) is 10.0 Å². The van der Waals surface area contributed by atoms with E-state index in [0.29, 0.717) is 5.02 Å². The first-order chi connectivity index (χ1) is 8.52. The Bertz CT molecular complexity index is 640. The highest BCUT2D eigenvalue weighted by atomic mass is 35.5. The lowest BCUT2D eigenvalue weighted by atomic mass is 10.0. The summed E-state index contributed by atoms with van der Waals surface area (Å²) in [7, 11) is 0. The molecule has 0 fully saturated rings. The molecule has 0 aliphatic heterocycles. The normalized spacial score (nSPS) is 10.2. The van der Waals surface area contributed by atoms with Gasteiger partial charge in [-0.2, -0.15) is 5.26 Å². The van der Waals surface area contributed by atoms with Gasteiger partial charge in [0.15, 0.2) is 0 Å². The Kier molecular flexibility index (Phi) is 3.51. The first-order valence-electron chi connectivity index (χ1n) is 4.87. The highest BCUT2D eigenvalue weighted by Crippen LogP contribution is 2.34. The van der Waals surface area contributed by atoms with E-state index in [1.807, 2.05) is 0 Å². The topological polar surface area (TPSA) is 23.8 Å². The molecule has 0 N–H and O–H groups in total. The van der Waals surface area contributed by atoms with Gasteiger partial charge >= 0.3 is 0 Å². The summed E-state index contributed by atoms with van der Waals surface area (Å²) in [6.45, 7) is 0. The molecule has 90 valence electrons. The van der Waals surface area contributed by atoms with Crippen molar-refractivity contribution in [3.8, 4) is 17.2 Å². The van der Waals surface area contributed by atoms with E-state index in [4.69, 9.17) is 28.5 Å². The standard InChI is InChI=1S/C13H5Cl2F2N/c14-8-1-2-10(15)9(5-8)13-11(16)3-7(6-18)4-12(13)17/h1-5H. The molecule has 5 heteroatoms. The van der Waals surface area contributed by atoms with Crippen LogP contribution in [0.4, 0.5) is 8.78 Å². The molecule has 0 aliphatic rings. The van der Waals surface area contributed by atoms with Gasteiger partial charge in [0, 0.05) is 15.6 Å². The lowest BCUT2D eigenvalue weighted by Gasteiger charge is -2.08. The van der Waals surface area contributed by atoms with Gasteiger partial charge in [0.1, 0.15) is 11.6 Å². The summed E-state index contributed by atoms with van der Waals surface area (Å²) in [6.07, 6.45) is 0. The predicted molar refractivity (Wildman–Crippen MR) is 66.5 cm³/mol. The Balaban J connectivity index is 2.72. The molecule has 0 bridgehead atoms. The van der Waals surface area contributed by atoms with Gasteiger partial charge in [-0.1, -0.05) is 23.2 Å². The Morgan fingerprint density at radius 3 is 2.17 bits per heavy atom. The zero-order valence-corrected chi connectivity index (χ0v) is 10.4. The molecule has 0 radical (unpaired) electrons. The van der Waals surface area contributed by atoms with E-state index in [-0.39, 0.29) is 21.7 Å². The molecule has 2 aromatic carbocycles. The smallest absolute Gasteiger partial charge is 0.135 e. The van der Waals surface area contributed by atoms with Crippen molar-refractivity contribution in [2.45, 2.75) is 0 Å². The van der Waals surface area contributed by atoms with Crippen LogP contribution in [0.1, 0.15) is 5.56 Å². The molecule has 0 aromatic heterocycles. The molecule has 2 rings (SSSR count). The van der Waals surface area contributed by atoms with Crippen molar-refractivity contribution in [1.82, 2.24) is 0 Å². The second-order valence-electron chi connectivity index (χ2n) is 3.55. The zero-order chi connectivity index (χ0) is 13.3. The van der Waals surface area contributed by atoms with Crippen LogP contribution in [-0.4, -0.2) is 0 Å². The monoisotopic (exact) mass is 283 g/mol. The highest BCUT2D eigenvalue weighted by molar-refractivity contribution is 6.35. The first-order valence-corrected chi connectivity index (χ1v) is 5.63. The molecule has 0 aliphatic carbocycles.